The number of hydrogen-bond acceptors (Lipinski definition) is 1. The fraction of sp³-hybridized carbons (Fsp3) is 0.385. The second kappa shape index (κ2) is 3.30. The second-order valence-electron chi connectivity index (χ2n) is 4.96. The minimum Gasteiger partial charge on any atom is -0.386 e. The highest BCUT2D eigenvalue weighted by atomic mass is 14.9. The first-order chi connectivity index (χ1) is 7.02. The van der Waals surface area contributed by atoms with Crippen LogP contribution in [0.5, 0.6) is 0 Å². The molecule has 80 valence electrons. The van der Waals surface area contributed by atoms with E-state index >= 15 is 0 Å². The van der Waals surface area contributed by atoms with Crippen LogP contribution >= 0.6 is 0 Å². The molecule has 0 atom stereocenters. The quantitative estimate of drug-likeness (QED) is 0.727. The first-order valence-corrected chi connectivity index (χ1v) is 5.32. The maximum Gasteiger partial charge on any atom is 0.0595 e. The van der Waals surface area contributed by atoms with Crippen molar-refractivity contribution in [1.82, 2.24) is 4.98 Å². The zero-order chi connectivity index (χ0) is 11.1. The van der Waals surface area contributed by atoms with Crippen LogP contribution in [-0.4, -0.2) is 12.0 Å². The summed E-state index contributed by atoms with van der Waals surface area (Å²) in [6, 6.07) is 6.62. The number of rotatable bonds is 1. The summed E-state index contributed by atoms with van der Waals surface area (Å²) in [5.41, 5.74) is 3.93. The lowest BCUT2D eigenvalue weighted by Crippen LogP contribution is -2.10. The number of hydrogen-bond donors (Lipinski definition) is 2. The van der Waals surface area contributed by atoms with E-state index in [1.807, 2.05) is 13.2 Å². The van der Waals surface area contributed by atoms with Crippen molar-refractivity contribution >= 4 is 16.6 Å². The summed E-state index contributed by atoms with van der Waals surface area (Å²) < 4.78 is 0. The number of nitrogens with one attached hydrogen (secondary N) is 2. The first-order valence-electron chi connectivity index (χ1n) is 5.32. The minimum atomic E-state index is 0.207. The van der Waals surface area contributed by atoms with Gasteiger partial charge in [-0.05, 0) is 17.0 Å². The first kappa shape index (κ1) is 10.1. The van der Waals surface area contributed by atoms with E-state index in [1.54, 1.807) is 0 Å². The third-order valence-corrected chi connectivity index (χ3v) is 2.82. The molecule has 2 heteroatoms. The molecule has 0 aliphatic rings. The average molecular weight is 202 g/mol. The fourth-order valence-electron chi connectivity index (χ4n) is 1.80. The van der Waals surface area contributed by atoms with E-state index in [1.165, 1.54) is 16.5 Å². The Hall–Kier alpha value is -1.44. The molecule has 0 spiro atoms. The molecule has 1 aromatic carbocycles. The molecule has 1 heterocycles. The van der Waals surface area contributed by atoms with Crippen LogP contribution in [0.25, 0.3) is 10.9 Å². The Morgan fingerprint density at radius 1 is 1.20 bits per heavy atom. The molecule has 0 unspecified atom stereocenters. The summed E-state index contributed by atoms with van der Waals surface area (Å²) in [6.45, 7) is 6.70. The van der Waals surface area contributed by atoms with Crippen LogP contribution in [0.2, 0.25) is 0 Å². The number of fused-ring (bicyclic) bond motifs is 1. The zero-order valence-electron chi connectivity index (χ0n) is 9.81. The molecule has 0 aliphatic heterocycles. The number of anilines is 1. The number of H-pyrrole nitrogens is 1. The van der Waals surface area contributed by atoms with E-state index in [9.17, 15) is 0 Å². The molecular formula is C13H18N2. The van der Waals surface area contributed by atoms with Gasteiger partial charge in [-0.15, -0.1) is 0 Å². The number of aromatic nitrogens is 1. The third kappa shape index (κ3) is 1.72. The van der Waals surface area contributed by atoms with Gasteiger partial charge in [0.15, 0.2) is 0 Å². The van der Waals surface area contributed by atoms with E-state index in [4.69, 9.17) is 0 Å². The number of aromatic amines is 1. The third-order valence-electron chi connectivity index (χ3n) is 2.82. The fourth-order valence-corrected chi connectivity index (χ4v) is 1.80. The van der Waals surface area contributed by atoms with Crippen LogP contribution in [0, 0.1) is 0 Å². The standard InChI is InChI=1S/C13H18N2/c1-13(2,3)9-5-6-10-11(7-9)15-8-12(10)14-4/h5-8,14-15H,1-4H3. The minimum absolute atomic E-state index is 0.207. The Labute approximate surface area is 90.7 Å². The van der Waals surface area contributed by atoms with Crippen molar-refractivity contribution in [2.45, 2.75) is 26.2 Å². The largest absolute Gasteiger partial charge is 0.386 e. The van der Waals surface area contributed by atoms with Gasteiger partial charge in [-0.2, -0.15) is 0 Å². The van der Waals surface area contributed by atoms with Crippen molar-refractivity contribution < 1.29 is 0 Å². The molecule has 0 saturated carbocycles. The maximum atomic E-state index is 3.29. The molecule has 0 amide bonds. The monoisotopic (exact) mass is 202 g/mol. The van der Waals surface area contributed by atoms with Gasteiger partial charge in [-0.1, -0.05) is 32.9 Å². The van der Waals surface area contributed by atoms with Crippen molar-refractivity contribution in [2.75, 3.05) is 12.4 Å². The molecule has 0 aliphatic carbocycles. The van der Waals surface area contributed by atoms with Crippen molar-refractivity contribution in [1.29, 1.82) is 0 Å². The van der Waals surface area contributed by atoms with E-state index in [2.05, 4.69) is 49.3 Å². The molecule has 0 bridgehead atoms. The number of benzene rings is 1. The normalized spacial score (nSPS) is 12.0. The Kier molecular flexibility index (Phi) is 2.22. The van der Waals surface area contributed by atoms with Crippen molar-refractivity contribution in [3.63, 3.8) is 0 Å². The van der Waals surface area contributed by atoms with Crippen LogP contribution in [-0.2, 0) is 5.41 Å². The van der Waals surface area contributed by atoms with E-state index in [0.29, 0.717) is 0 Å². The van der Waals surface area contributed by atoms with Crippen molar-refractivity contribution in [2.24, 2.45) is 0 Å². The van der Waals surface area contributed by atoms with Crippen molar-refractivity contribution in [3.8, 4) is 0 Å². The molecule has 0 saturated heterocycles. The second-order valence-corrected chi connectivity index (χ2v) is 4.96. The highest BCUT2D eigenvalue weighted by Gasteiger charge is 2.14. The lowest BCUT2D eigenvalue weighted by Gasteiger charge is -2.18. The van der Waals surface area contributed by atoms with Gasteiger partial charge in [-0.25, -0.2) is 0 Å². The zero-order valence-corrected chi connectivity index (χ0v) is 9.81. The summed E-state index contributed by atoms with van der Waals surface area (Å²) in [5.74, 6) is 0. The van der Waals surface area contributed by atoms with Crippen LogP contribution < -0.4 is 5.32 Å². The summed E-state index contributed by atoms with van der Waals surface area (Å²) >= 11 is 0. The van der Waals surface area contributed by atoms with Gasteiger partial charge in [0.2, 0.25) is 0 Å². The van der Waals surface area contributed by atoms with Gasteiger partial charge in [-0.3, -0.25) is 0 Å². The molecule has 2 aromatic rings. The summed E-state index contributed by atoms with van der Waals surface area (Å²) in [7, 11) is 1.94. The highest BCUT2D eigenvalue weighted by Crippen LogP contribution is 2.28. The van der Waals surface area contributed by atoms with Crippen molar-refractivity contribution in [3.05, 3.63) is 30.0 Å². The lowest BCUT2D eigenvalue weighted by atomic mass is 9.87. The molecule has 1 aromatic heterocycles. The molecule has 2 N–H and O–H groups in total. The van der Waals surface area contributed by atoms with Gasteiger partial charge in [0.25, 0.3) is 0 Å². The summed E-state index contributed by atoms with van der Waals surface area (Å²) in [4.78, 5) is 3.29. The molecule has 15 heavy (non-hydrogen) atoms. The highest BCUT2D eigenvalue weighted by molar-refractivity contribution is 5.92. The topological polar surface area (TPSA) is 27.8 Å². The Balaban J connectivity index is 2.58. The summed E-state index contributed by atoms with van der Waals surface area (Å²) in [6.07, 6.45) is 2.01. The molecule has 2 rings (SSSR count). The predicted molar refractivity (Wildman–Crippen MR) is 66.5 cm³/mol. The molecule has 0 fully saturated rings. The molecule has 0 radical (unpaired) electrons. The van der Waals surface area contributed by atoms with Gasteiger partial charge < -0.3 is 10.3 Å². The van der Waals surface area contributed by atoms with Gasteiger partial charge in [0.05, 0.1) is 5.69 Å². The maximum absolute atomic E-state index is 3.29. The summed E-state index contributed by atoms with van der Waals surface area (Å²) in [5, 5.41) is 4.43. The van der Waals surface area contributed by atoms with Gasteiger partial charge >= 0.3 is 0 Å². The SMILES string of the molecule is CNc1c[nH]c2cc(C(C)(C)C)ccc12. The Morgan fingerprint density at radius 2 is 1.93 bits per heavy atom. The van der Waals surface area contributed by atoms with Crippen LogP contribution in [0.1, 0.15) is 26.3 Å². The van der Waals surface area contributed by atoms with Crippen LogP contribution in [0.15, 0.2) is 24.4 Å². The predicted octanol–water partition coefficient (Wildman–Crippen LogP) is 3.51. The Bertz CT molecular complexity index is 475. The van der Waals surface area contributed by atoms with E-state index in [0.717, 1.165) is 5.69 Å². The average Bonchev–Trinajstić information content (AvgIpc) is 2.58. The molecule has 2 nitrogen and oxygen atoms in total. The lowest BCUT2D eigenvalue weighted by molar-refractivity contribution is 0.591. The van der Waals surface area contributed by atoms with Gasteiger partial charge in [0, 0.05) is 24.1 Å². The van der Waals surface area contributed by atoms with Crippen LogP contribution in [0.4, 0.5) is 5.69 Å². The van der Waals surface area contributed by atoms with Gasteiger partial charge in [0.1, 0.15) is 0 Å². The van der Waals surface area contributed by atoms with Crippen LogP contribution in [0.3, 0.4) is 0 Å². The van der Waals surface area contributed by atoms with E-state index < -0.39 is 0 Å². The van der Waals surface area contributed by atoms with E-state index in [-0.39, 0.29) is 5.41 Å². The smallest absolute Gasteiger partial charge is 0.0595 e. The molecular weight excluding hydrogens is 184 g/mol. The Morgan fingerprint density at radius 3 is 2.53 bits per heavy atom.